The standard InChI is InChI=1S/C26H30N6O2S/c1-15(2)34-21-12-19-17(13-29-31-19)10-20(21)30-24-23-18-7-6-16(26(33)32-8-4-3-5-9-32)11-22(18)35-25(23)28-14-27-24/h10,12-16H,3-9,11H2,1-2H3,(H,29,31)(H,27,28,30). The smallest absolute Gasteiger partial charge is 0.226 e. The van der Waals surface area contributed by atoms with Crippen molar-refractivity contribution in [2.24, 2.45) is 5.92 Å². The first-order valence-electron chi connectivity index (χ1n) is 12.5. The van der Waals surface area contributed by atoms with E-state index in [0.29, 0.717) is 5.91 Å². The van der Waals surface area contributed by atoms with Crippen molar-refractivity contribution >= 4 is 49.9 Å². The van der Waals surface area contributed by atoms with Crippen molar-refractivity contribution in [3.63, 3.8) is 0 Å². The summed E-state index contributed by atoms with van der Waals surface area (Å²) in [6.45, 7) is 5.85. The van der Waals surface area contributed by atoms with Crippen LogP contribution in [0.25, 0.3) is 21.1 Å². The van der Waals surface area contributed by atoms with Crippen LogP contribution in [-0.2, 0) is 17.6 Å². The topological polar surface area (TPSA) is 96.0 Å². The van der Waals surface area contributed by atoms with Crippen LogP contribution >= 0.6 is 11.3 Å². The Hall–Kier alpha value is -3.20. The maximum Gasteiger partial charge on any atom is 0.226 e. The number of benzene rings is 1. The molecule has 0 spiro atoms. The van der Waals surface area contributed by atoms with Crippen LogP contribution in [0, 0.1) is 5.92 Å². The molecule has 182 valence electrons. The van der Waals surface area contributed by atoms with Crippen LogP contribution in [0.3, 0.4) is 0 Å². The van der Waals surface area contributed by atoms with E-state index in [2.05, 4.69) is 30.4 Å². The fourth-order valence-electron chi connectivity index (χ4n) is 5.34. The Morgan fingerprint density at radius 2 is 2.09 bits per heavy atom. The number of hydrogen-bond donors (Lipinski definition) is 2. The third kappa shape index (κ3) is 4.22. The molecule has 1 aliphatic heterocycles. The number of ether oxygens (including phenoxy) is 1. The Morgan fingerprint density at radius 3 is 2.91 bits per heavy atom. The number of nitrogens with zero attached hydrogens (tertiary/aromatic N) is 4. The molecule has 1 atom stereocenters. The zero-order valence-electron chi connectivity index (χ0n) is 20.1. The van der Waals surface area contributed by atoms with Gasteiger partial charge >= 0.3 is 0 Å². The van der Waals surface area contributed by atoms with Crippen LogP contribution in [0.2, 0.25) is 0 Å². The molecule has 6 rings (SSSR count). The molecule has 35 heavy (non-hydrogen) atoms. The first-order chi connectivity index (χ1) is 17.1. The average molecular weight is 491 g/mol. The Labute approximate surface area is 208 Å². The van der Waals surface area contributed by atoms with Crippen molar-refractivity contribution in [2.45, 2.75) is 58.5 Å². The highest BCUT2D eigenvalue weighted by atomic mass is 32.1. The van der Waals surface area contributed by atoms with Crippen molar-refractivity contribution in [1.82, 2.24) is 25.1 Å². The van der Waals surface area contributed by atoms with Gasteiger partial charge in [-0.05, 0) is 64.0 Å². The lowest BCUT2D eigenvalue weighted by Gasteiger charge is -2.32. The molecule has 4 heterocycles. The SMILES string of the molecule is CC(C)Oc1cc2[nH]ncc2cc1Nc1ncnc2sc3c(c12)CCC(C(=O)N1CCCCC1)C3. The molecule has 2 aliphatic rings. The molecule has 1 amide bonds. The molecule has 0 saturated carbocycles. The van der Waals surface area contributed by atoms with Gasteiger partial charge in [-0.2, -0.15) is 5.10 Å². The van der Waals surface area contributed by atoms with Gasteiger partial charge < -0.3 is 15.0 Å². The zero-order valence-corrected chi connectivity index (χ0v) is 21.0. The number of hydrogen-bond acceptors (Lipinski definition) is 7. The van der Waals surface area contributed by atoms with Gasteiger partial charge in [0, 0.05) is 35.3 Å². The minimum Gasteiger partial charge on any atom is -0.489 e. The number of rotatable bonds is 5. The van der Waals surface area contributed by atoms with Crippen LogP contribution in [0.5, 0.6) is 5.75 Å². The van der Waals surface area contributed by atoms with Gasteiger partial charge in [0.2, 0.25) is 5.91 Å². The number of fused-ring (bicyclic) bond motifs is 4. The Kier molecular flexibility index (Phi) is 5.80. The molecular formula is C26H30N6O2S. The molecule has 1 unspecified atom stereocenters. The number of carbonyl (C=O) groups excluding carboxylic acids is 1. The Morgan fingerprint density at radius 1 is 1.23 bits per heavy atom. The summed E-state index contributed by atoms with van der Waals surface area (Å²) >= 11 is 1.70. The molecule has 1 saturated heterocycles. The summed E-state index contributed by atoms with van der Waals surface area (Å²) in [5, 5.41) is 12.8. The lowest BCUT2D eigenvalue weighted by molar-refractivity contribution is -0.136. The first-order valence-corrected chi connectivity index (χ1v) is 13.3. The molecule has 1 fully saturated rings. The summed E-state index contributed by atoms with van der Waals surface area (Å²) in [6, 6.07) is 4.01. The minimum atomic E-state index is 0.0321. The van der Waals surface area contributed by atoms with Gasteiger partial charge in [-0.25, -0.2) is 9.97 Å². The highest BCUT2D eigenvalue weighted by Crippen LogP contribution is 2.42. The summed E-state index contributed by atoms with van der Waals surface area (Å²) in [5.74, 6) is 1.94. The molecule has 9 heteroatoms. The lowest BCUT2D eigenvalue weighted by atomic mass is 9.86. The van der Waals surface area contributed by atoms with Crippen molar-refractivity contribution in [3.8, 4) is 5.75 Å². The van der Waals surface area contributed by atoms with Crippen LogP contribution < -0.4 is 10.1 Å². The van der Waals surface area contributed by atoms with Gasteiger partial charge in [0.05, 0.1) is 28.9 Å². The molecule has 3 aromatic heterocycles. The van der Waals surface area contributed by atoms with E-state index in [1.807, 2.05) is 26.0 Å². The number of aryl methyl sites for hydroxylation is 1. The van der Waals surface area contributed by atoms with Crippen molar-refractivity contribution in [2.75, 3.05) is 18.4 Å². The molecule has 8 nitrogen and oxygen atoms in total. The second-order valence-electron chi connectivity index (χ2n) is 9.83. The number of aromatic nitrogens is 4. The number of piperidine rings is 1. The third-order valence-electron chi connectivity index (χ3n) is 7.02. The van der Waals surface area contributed by atoms with E-state index in [9.17, 15) is 4.79 Å². The van der Waals surface area contributed by atoms with Gasteiger partial charge in [-0.15, -0.1) is 11.3 Å². The largest absolute Gasteiger partial charge is 0.489 e. The van der Waals surface area contributed by atoms with Gasteiger partial charge in [-0.3, -0.25) is 9.89 Å². The van der Waals surface area contributed by atoms with Crippen molar-refractivity contribution in [3.05, 3.63) is 35.1 Å². The summed E-state index contributed by atoms with van der Waals surface area (Å²) in [7, 11) is 0. The number of H-pyrrole nitrogens is 1. The highest BCUT2D eigenvalue weighted by molar-refractivity contribution is 7.19. The quantitative estimate of drug-likeness (QED) is 0.398. The molecule has 1 aliphatic carbocycles. The number of likely N-dealkylation sites (tertiary alicyclic amines) is 1. The van der Waals surface area contributed by atoms with Gasteiger partial charge in [-0.1, -0.05) is 0 Å². The van der Waals surface area contributed by atoms with E-state index in [1.165, 1.54) is 16.9 Å². The number of carbonyl (C=O) groups is 1. The van der Waals surface area contributed by atoms with Crippen molar-refractivity contribution < 1.29 is 9.53 Å². The number of aromatic amines is 1. The normalized spacial score (nSPS) is 18.3. The number of anilines is 2. The van der Waals surface area contributed by atoms with E-state index < -0.39 is 0 Å². The monoisotopic (exact) mass is 490 g/mol. The third-order valence-corrected chi connectivity index (χ3v) is 8.18. The summed E-state index contributed by atoms with van der Waals surface area (Å²) in [6.07, 6.45) is 9.50. The van der Waals surface area contributed by atoms with Gasteiger partial charge in [0.1, 0.15) is 22.7 Å². The molecule has 1 aromatic carbocycles. The van der Waals surface area contributed by atoms with E-state index >= 15 is 0 Å². The van der Waals surface area contributed by atoms with E-state index in [1.54, 1.807) is 23.9 Å². The second kappa shape index (κ2) is 9.11. The summed E-state index contributed by atoms with van der Waals surface area (Å²) < 4.78 is 6.11. The molecular weight excluding hydrogens is 460 g/mol. The average Bonchev–Trinajstić information content (AvgIpc) is 3.47. The fourth-order valence-corrected chi connectivity index (χ4v) is 6.60. The zero-order chi connectivity index (χ0) is 23.9. The van der Waals surface area contributed by atoms with Crippen LogP contribution in [0.1, 0.15) is 50.0 Å². The molecule has 0 bridgehead atoms. The number of thiophene rings is 1. The molecule has 4 aromatic rings. The van der Waals surface area contributed by atoms with Gasteiger partial charge in [0.15, 0.2) is 0 Å². The molecule has 2 N–H and O–H groups in total. The van der Waals surface area contributed by atoms with E-state index in [0.717, 1.165) is 83.6 Å². The molecule has 0 radical (unpaired) electrons. The summed E-state index contributed by atoms with van der Waals surface area (Å²) in [4.78, 5) is 26.7. The predicted octanol–water partition coefficient (Wildman–Crippen LogP) is 5.22. The van der Waals surface area contributed by atoms with Crippen LogP contribution in [-0.4, -0.2) is 50.2 Å². The lowest BCUT2D eigenvalue weighted by Crippen LogP contribution is -2.41. The maximum atomic E-state index is 13.2. The van der Waals surface area contributed by atoms with E-state index in [-0.39, 0.29) is 12.0 Å². The van der Waals surface area contributed by atoms with Gasteiger partial charge in [0.25, 0.3) is 0 Å². The Bertz CT molecular complexity index is 1390. The highest BCUT2D eigenvalue weighted by Gasteiger charge is 2.32. The minimum absolute atomic E-state index is 0.0321. The van der Waals surface area contributed by atoms with Crippen molar-refractivity contribution in [1.29, 1.82) is 0 Å². The maximum absolute atomic E-state index is 13.2. The Balaban J connectivity index is 1.33. The number of amides is 1. The summed E-state index contributed by atoms with van der Waals surface area (Å²) in [5.41, 5.74) is 3.06. The van der Waals surface area contributed by atoms with Crippen LogP contribution in [0.15, 0.2) is 24.7 Å². The van der Waals surface area contributed by atoms with E-state index in [4.69, 9.17) is 4.74 Å². The first kappa shape index (κ1) is 22.3. The van der Waals surface area contributed by atoms with Crippen LogP contribution in [0.4, 0.5) is 11.5 Å². The number of nitrogens with one attached hydrogen (secondary N) is 2. The predicted molar refractivity (Wildman–Crippen MR) is 139 cm³/mol. The fraction of sp³-hybridized carbons (Fsp3) is 0.462. The second-order valence-corrected chi connectivity index (χ2v) is 10.9.